The van der Waals surface area contributed by atoms with Crippen molar-refractivity contribution < 1.29 is 0 Å². The summed E-state index contributed by atoms with van der Waals surface area (Å²) in [5.74, 6) is 0. The Bertz CT molecular complexity index is 908. The van der Waals surface area contributed by atoms with Crippen molar-refractivity contribution >= 4 is 10.9 Å². The smallest absolute Gasteiger partial charge is 0.0486 e. The molecular formula is C22H27N3. The summed E-state index contributed by atoms with van der Waals surface area (Å²) < 4.78 is 2.31. The lowest BCUT2D eigenvalue weighted by Gasteiger charge is -2.14. The average Bonchev–Trinajstić information content (AvgIpc) is 3.12. The molecule has 0 bridgehead atoms. The molecule has 0 spiro atoms. The number of fused-ring (bicyclic) bond motifs is 2. The van der Waals surface area contributed by atoms with Crippen molar-refractivity contribution in [1.82, 2.24) is 9.47 Å². The summed E-state index contributed by atoms with van der Waals surface area (Å²) in [6.45, 7) is 7.41. The summed E-state index contributed by atoms with van der Waals surface area (Å²) >= 11 is 0. The van der Waals surface area contributed by atoms with E-state index in [1.165, 1.54) is 38.9 Å². The van der Waals surface area contributed by atoms with Crippen LogP contribution in [0.3, 0.4) is 0 Å². The first-order valence-electron chi connectivity index (χ1n) is 9.21. The Balaban J connectivity index is 1.69. The minimum absolute atomic E-state index is 0.114. The standard InChI is InChI=1S/C22H27N3/c1-4-20(23)22-15(2)24(3)21-11-18-14-25(13-17(18)10-19(21)22)12-16-8-6-5-7-9-16/h5-11,20H,4,12-14,23H2,1-3H3. The van der Waals surface area contributed by atoms with Crippen molar-refractivity contribution in [3.8, 4) is 0 Å². The minimum atomic E-state index is 0.114. The van der Waals surface area contributed by atoms with Gasteiger partial charge in [0.1, 0.15) is 0 Å². The van der Waals surface area contributed by atoms with Gasteiger partial charge in [-0.1, -0.05) is 37.3 Å². The van der Waals surface area contributed by atoms with Crippen LogP contribution in [0.2, 0.25) is 0 Å². The van der Waals surface area contributed by atoms with Gasteiger partial charge in [0.2, 0.25) is 0 Å². The Morgan fingerprint density at radius 1 is 1.08 bits per heavy atom. The van der Waals surface area contributed by atoms with Gasteiger partial charge in [0, 0.05) is 49.3 Å². The van der Waals surface area contributed by atoms with Gasteiger partial charge in [0.05, 0.1) is 0 Å². The number of benzene rings is 2. The maximum Gasteiger partial charge on any atom is 0.0486 e. The normalized spacial score (nSPS) is 15.7. The molecule has 1 aliphatic heterocycles. The first-order chi connectivity index (χ1) is 12.1. The molecule has 1 unspecified atom stereocenters. The van der Waals surface area contributed by atoms with E-state index >= 15 is 0 Å². The first kappa shape index (κ1) is 16.4. The lowest BCUT2D eigenvalue weighted by atomic mass is 9.99. The van der Waals surface area contributed by atoms with Crippen LogP contribution in [0.1, 0.15) is 47.3 Å². The van der Waals surface area contributed by atoms with Gasteiger partial charge in [-0.3, -0.25) is 4.90 Å². The summed E-state index contributed by atoms with van der Waals surface area (Å²) in [5.41, 5.74) is 14.7. The lowest BCUT2D eigenvalue weighted by Crippen LogP contribution is -2.15. The summed E-state index contributed by atoms with van der Waals surface area (Å²) in [6.07, 6.45) is 0.969. The molecule has 0 radical (unpaired) electrons. The molecule has 130 valence electrons. The number of aromatic nitrogens is 1. The third kappa shape index (κ3) is 2.78. The molecule has 0 aliphatic carbocycles. The second-order valence-corrected chi connectivity index (χ2v) is 7.34. The highest BCUT2D eigenvalue weighted by atomic mass is 15.1. The van der Waals surface area contributed by atoms with E-state index in [1.807, 2.05) is 0 Å². The molecular weight excluding hydrogens is 306 g/mol. The van der Waals surface area contributed by atoms with Crippen LogP contribution in [0.5, 0.6) is 0 Å². The quantitative estimate of drug-likeness (QED) is 0.767. The molecule has 2 aromatic carbocycles. The van der Waals surface area contributed by atoms with Crippen molar-refractivity contribution in [2.45, 2.75) is 45.9 Å². The largest absolute Gasteiger partial charge is 0.348 e. The Morgan fingerprint density at radius 3 is 2.44 bits per heavy atom. The highest BCUT2D eigenvalue weighted by molar-refractivity contribution is 5.87. The van der Waals surface area contributed by atoms with Crippen LogP contribution >= 0.6 is 0 Å². The van der Waals surface area contributed by atoms with Crippen LogP contribution in [0.15, 0.2) is 42.5 Å². The van der Waals surface area contributed by atoms with E-state index in [0.29, 0.717) is 0 Å². The number of nitrogens with zero attached hydrogens (tertiary/aromatic N) is 2. The SMILES string of the molecule is CCC(N)c1c(C)n(C)c2cc3c(cc12)CN(Cc1ccccc1)C3. The molecule has 1 aliphatic rings. The van der Waals surface area contributed by atoms with Crippen LogP contribution in [0, 0.1) is 6.92 Å². The number of nitrogens with two attached hydrogens (primary N) is 1. The van der Waals surface area contributed by atoms with E-state index in [-0.39, 0.29) is 6.04 Å². The lowest BCUT2D eigenvalue weighted by molar-refractivity contribution is 0.275. The zero-order valence-corrected chi connectivity index (χ0v) is 15.4. The molecule has 25 heavy (non-hydrogen) atoms. The zero-order chi connectivity index (χ0) is 17.6. The van der Waals surface area contributed by atoms with Crippen molar-refractivity contribution in [2.75, 3.05) is 0 Å². The molecule has 3 heteroatoms. The maximum absolute atomic E-state index is 6.43. The van der Waals surface area contributed by atoms with Crippen molar-refractivity contribution in [2.24, 2.45) is 12.8 Å². The van der Waals surface area contributed by atoms with Gasteiger partial charge in [0.15, 0.2) is 0 Å². The van der Waals surface area contributed by atoms with Gasteiger partial charge < -0.3 is 10.3 Å². The average molecular weight is 333 g/mol. The Morgan fingerprint density at radius 2 is 1.76 bits per heavy atom. The van der Waals surface area contributed by atoms with Crippen LogP contribution in [-0.4, -0.2) is 9.47 Å². The molecule has 1 atom stereocenters. The Kier molecular flexibility index (Phi) is 4.14. The van der Waals surface area contributed by atoms with E-state index in [1.54, 1.807) is 0 Å². The summed E-state index contributed by atoms with van der Waals surface area (Å²) in [4.78, 5) is 2.52. The number of aryl methyl sites for hydroxylation is 1. The number of hydrogen-bond acceptors (Lipinski definition) is 2. The van der Waals surface area contributed by atoms with Crippen LogP contribution in [-0.2, 0) is 26.7 Å². The fourth-order valence-electron chi connectivity index (χ4n) is 4.18. The molecule has 2 heterocycles. The Labute approximate surface area is 150 Å². The predicted octanol–water partition coefficient (Wildman–Crippen LogP) is 4.41. The van der Waals surface area contributed by atoms with Gasteiger partial charge in [0.25, 0.3) is 0 Å². The molecule has 0 saturated heterocycles. The topological polar surface area (TPSA) is 34.2 Å². The van der Waals surface area contributed by atoms with Crippen LogP contribution in [0.4, 0.5) is 0 Å². The Hall–Kier alpha value is -2.10. The van der Waals surface area contributed by atoms with Crippen LogP contribution in [0.25, 0.3) is 10.9 Å². The monoisotopic (exact) mass is 333 g/mol. The highest BCUT2D eigenvalue weighted by Crippen LogP contribution is 2.35. The van der Waals surface area contributed by atoms with Gasteiger partial charge in [-0.15, -0.1) is 0 Å². The number of hydrogen-bond donors (Lipinski definition) is 1. The van der Waals surface area contributed by atoms with E-state index in [0.717, 1.165) is 26.1 Å². The maximum atomic E-state index is 6.43. The highest BCUT2D eigenvalue weighted by Gasteiger charge is 2.23. The fraction of sp³-hybridized carbons (Fsp3) is 0.364. The van der Waals surface area contributed by atoms with Gasteiger partial charge >= 0.3 is 0 Å². The minimum Gasteiger partial charge on any atom is -0.348 e. The second kappa shape index (κ2) is 6.32. The van der Waals surface area contributed by atoms with E-state index < -0.39 is 0 Å². The van der Waals surface area contributed by atoms with Crippen molar-refractivity contribution in [1.29, 1.82) is 0 Å². The van der Waals surface area contributed by atoms with E-state index in [2.05, 4.69) is 72.8 Å². The van der Waals surface area contributed by atoms with E-state index in [4.69, 9.17) is 5.73 Å². The van der Waals surface area contributed by atoms with Gasteiger partial charge in [-0.25, -0.2) is 0 Å². The predicted molar refractivity (Wildman–Crippen MR) is 104 cm³/mol. The third-order valence-corrected chi connectivity index (χ3v) is 5.71. The second-order valence-electron chi connectivity index (χ2n) is 7.34. The van der Waals surface area contributed by atoms with Crippen LogP contribution < -0.4 is 5.73 Å². The zero-order valence-electron chi connectivity index (χ0n) is 15.4. The summed E-state index contributed by atoms with van der Waals surface area (Å²) in [5, 5.41) is 1.34. The van der Waals surface area contributed by atoms with Gasteiger partial charge in [-0.05, 0) is 47.7 Å². The van der Waals surface area contributed by atoms with Crippen molar-refractivity contribution in [3.63, 3.8) is 0 Å². The molecule has 3 aromatic rings. The molecule has 2 N–H and O–H groups in total. The summed E-state index contributed by atoms with van der Waals surface area (Å²) in [7, 11) is 2.16. The first-order valence-corrected chi connectivity index (χ1v) is 9.21. The molecule has 4 rings (SSSR count). The molecule has 3 nitrogen and oxygen atoms in total. The molecule has 0 fully saturated rings. The third-order valence-electron chi connectivity index (χ3n) is 5.71. The molecule has 0 saturated carbocycles. The van der Waals surface area contributed by atoms with Gasteiger partial charge in [-0.2, -0.15) is 0 Å². The summed E-state index contributed by atoms with van der Waals surface area (Å²) in [6, 6.07) is 15.6. The molecule has 0 amide bonds. The number of rotatable bonds is 4. The van der Waals surface area contributed by atoms with E-state index in [9.17, 15) is 0 Å². The molecule has 1 aromatic heterocycles. The van der Waals surface area contributed by atoms with Crippen molar-refractivity contribution in [3.05, 3.63) is 70.4 Å². The fourth-order valence-corrected chi connectivity index (χ4v) is 4.18.